The Morgan fingerprint density at radius 1 is 1.19 bits per heavy atom. The van der Waals surface area contributed by atoms with Gasteiger partial charge in [-0.3, -0.25) is 4.28 Å². The van der Waals surface area contributed by atoms with Crippen LogP contribution in [0.25, 0.3) is 0 Å². The van der Waals surface area contributed by atoms with Crippen molar-refractivity contribution in [3.05, 3.63) is 35.9 Å². The molecule has 27 heavy (non-hydrogen) atoms. The van der Waals surface area contributed by atoms with Gasteiger partial charge in [0.1, 0.15) is 34.9 Å². The zero-order chi connectivity index (χ0) is 19.3. The van der Waals surface area contributed by atoms with Crippen LogP contribution in [0.1, 0.15) is 5.56 Å². The topological polar surface area (TPSA) is 169 Å². The molecule has 10 nitrogen and oxygen atoms in total. The quantitative estimate of drug-likeness (QED) is 0.0833. The first-order chi connectivity index (χ1) is 12.2. The second kappa shape index (κ2) is 11.5. The molecule has 0 amide bonds. The van der Waals surface area contributed by atoms with Crippen molar-refractivity contribution in [2.75, 3.05) is 6.61 Å². The minimum atomic E-state index is -5.08. The molecule has 1 aliphatic heterocycles. The average Bonchev–Trinajstić information content (AvgIpc) is 2.60. The van der Waals surface area contributed by atoms with Gasteiger partial charge in [-0.1, -0.05) is 47.2 Å². The molecule has 2 rings (SSSR count). The van der Waals surface area contributed by atoms with E-state index < -0.39 is 46.9 Å². The second-order valence-corrected chi connectivity index (χ2v) is 7.58. The van der Waals surface area contributed by atoms with E-state index in [1.165, 1.54) is 0 Å². The Balaban J connectivity index is 0.00000364. The van der Waals surface area contributed by atoms with Crippen LogP contribution in [0, 0.1) is 0 Å². The van der Waals surface area contributed by atoms with Crippen LogP contribution in [0.15, 0.2) is 35.5 Å². The third-order valence-electron chi connectivity index (χ3n) is 3.53. The molecule has 5 unspecified atom stereocenters. The summed E-state index contributed by atoms with van der Waals surface area (Å²) in [5.41, 5.74) is -0.485. The Labute approximate surface area is 202 Å². The van der Waals surface area contributed by atoms with Crippen LogP contribution in [0.2, 0.25) is 0 Å². The van der Waals surface area contributed by atoms with Crippen molar-refractivity contribution in [3.8, 4) is 0 Å². The summed E-state index contributed by atoms with van der Waals surface area (Å²) in [5, 5.41) is 42.1. The Kier molecular flexibility index (Phi) is 10.9. The molecule has 4 N–H and O–H groups in total. The normalized spacial score (nSPS) is 29.1. The van der Waals surface area contributed by atoms with Crippen LogP contribution in [0.3, 0.4) is 0 Å². The zero-order valence-electron chi connectivity index (χ0n) is 14.3. The number of nitrogens with zero attached hydrogens (tertiary/aromatic N) is 1. The fourth-order valence-corrected chi connectivity index (χ4v) is 3.58. The van der Waals surface area contributed by atoms with Crippen molar-refractivity contribution in [2.45, 2.75) is 36.3 Å². The Morgan fingerprint density at radius 3 is 2.37 bits per heavy atom. The number of benzene rings is 1. The number of thioether (sulfide) groups is 1. The monoisotopic (exact) mass is 447 g/mol. The van der Waals surface area contributed by atoms with Crippen LogP contribution in [0.4, 0.5) is 0 Å². The summed E-state index contributed by atoms with van der Waals surface area (Å²) in [7, 11) is -5.08. The molecular weight excluding hydrogens is 429 g/mol. The summed E-state index contributed by atoms with van der Waals surface area (Å²) in [6.07, 6.45) is -5.76. The van der Waals surface area contributed by atoms with Gasteiger partial charge in [0.2, 0.25) is 0 Å². The molecule has 5 atom stereocenters. The van der Waals surface area contributed by atoms with Gasteiger partial charge in [-0.2, -0.15) is 8.42 Å². The van der Waals surface area contributed by atoms with Gasteiger partial charge in [-0.05, 0) is 5.56 Å². The number of hydrogen-bond donors (Lipinski definition) is 4. The van der Waals surface area contributed by atoms with Crippen LogP contribution in [0.5, 0.6) is 0 Å². The number of rotatable bonds is 6. The van der Waals surface area contributed by atoms with Crippen LogP contribution < -0.4 is 51.4 Å². The minimum Gasteiger partial charge on any atom is -0.714 e. The largest absolute Gasteiger partial charge is 1.00 e. The zero-order valence-corrected chi connectivity index (χ0v) is 19.0. The molecule has 0 spiro atoms. The van der Waals surface area contributed by atoms with E-state index in [-0.39, 0.29) is 62.8 Å². The molecule has 1 aromatic rings. The summed E-state index contributed by atoms with van der Waals surface area (Å²) in [4.78, 5) is 0. The van der Waals surface area contributed by atoms with Gasteiger partial charge in [0, 0.05) is 6.42 Å². The van der Waals surface area contributed by atoms with Crippen molar-refractivity contribution >= 4 is 27.2 Å². The van der Waals surface area contributed by atoms with Crippen LogP contribution in [-0.2, 0) is 25.8 Å². The van der Waals surface area contributed by atoms with Gasteiger partial charge in [0.05, 0.1) is 6.61 Å². The number of aliphatic hydroxyl groups is 4. The molecule has 0 aliphatic carbocycles. The van der Waals surface area contributed by atoms with Crippen molar-refractivity contribution in [3.63, 3.8) is 0 Å². The fraction of sp³-hybridized carbons (Fsp3) is 0.500. The average molecular weight is 448 g/mol. The fourth-order valence-electron chi connectivity index (χ4n) is 2.25. The van der Waals surface area contributed by atoms with E-state index in [0.29, 0.717) is 17.3 Å². The van der Waals surface area contributed by atoms with E-state index in [0.717, 1.165) is 0 Å². The molecule has 1 aromatic carbocycles. The molecule has 0 radical (unpaired) electrons. The molecule has 1 heterocycles. The summed E-state index contributed by atoms with van der Waals surface area (Å²) < 4.78 is 41.2. The number of aliphatic hydroxyl groups excluding tert-OH is 4. The first-order valence-corrected chi connectivity index (χ1v) is 9.65. The third-order valence-corrected chi connectivity index (χ3v) is 4.90. The van der Waals surface area contributed by atoms with Crippen molar-refractivity contribution in [2.24, 2.45) is 5.16 Å². The van der Waals surface area contributed by atoms with E-state index >= 15 is 0 Å². The first kappa shape index (κ1) is 25.4. The van der Waals surface area contributed by atoms with Gasteiger partial charge in [0.25, 0.3) is 10.4 Å². The van der Waals surface area contributed by atoms with Gasteiger partial charge < -0.3 is 29.7 Å². The summed E-state index contributed by atoms with van der Waals surface area (Å²) in [6, 6.07) is 8.67. The smallest absolute Gasteiger partial charge is 0.714 e. The maximum absolute atomic E-state index is 10.7. The predicted octanol–water partition coefficient (Wildman–Crippen LogP) is -4.44. The molecule has 0 bridgehead atoms. The summed E-state index contributed by atoms with van der Waals surface area (Å²) in [6.45, 7) is -0.612. The molecule has 146 valence electrons. The first-order valence-electron chi connectivity index (χ1n) is 7.43. The SMILES string of the molecule is O=S(=O)([O-])ON=C(Cc1ccccc1)SC1OC(CO)C(O)C(O)C1O.[K+]. The maximum Gasteiger partial charge on any atom is 1.00 e. The van der Waals surface area contributed by atoms with Gasteiger partial charge in [0.15, 0.2) is 0 Å². The second-order valence-electron chi connectivity index (χ2n) is 5.45. The van der Waals surface area contributed by atoms with E-state index in [1.54, 1.807) is 30.3 Å². The molecule has 1 saturated heterocycles. The Bertz CT molecular complexity index is 717. The molecule has 0 saturated carbocycles. The molecule has 13 heteroatoms. The van der Waals surface area contributed by atoms with E-state index in [9.17, 15) is 33.4 Å². The maximum atomic E-state index is 10.7. The molecular formula is C14H18KNO9S2. The Morgan fingerprint density at radius 2 is 1.81 bits per heavy atom. The van der Waals surface area contributed by atoms with E-state index in [4.69, 9.17) is 4.74 Å². The van der Waals surface area contributed by atoms with E-state index in [2.05, 4.69) is 9.44 Å². The van der Waals surface area contributed by atoms with Gasteiger partial charge in [-0.25, -0.2) is 0 Å². The van der Waals surface area contributed by atoms with Gasteiger partial charge >= 0.3 is 51.4 Å². The summed E-state index contributed by atoms with van der Waals surface area (Å²) >= 11 is 0.701. The van der Waals surface area contributed by atoms with E-state index in [1.807, 2.05) is 0 Å². The molecule has 1 fully saturated rings. The molecule has 0 aromatic heterocycles. The molecule has 1 aliphatic rings. The number of hydrogen-bond acceptors (Lipinski definition) is 11. The van der Waals surface area contributed by atoms with Crippen molar-refractivity contribution in [1.29, 1.82) is 0 Å². The van der Waals surface area contributed by atoms with Crippen LogP contribution in [-0.4, -0.2) is 74.9 Å². The Hall–Kier alpha value is 0.386. The predicted molar refractivity (Wildman–Crippen MR) is 89.7 cm³/mol. The third kappa shape index (κ3) is 7.96. The summed E-state index contributed by atoms with van der Waals surface area (Å²) in [5.74, 6) is 0. The standard InChI is InChI=1S/C14H19NO9S2.K/c16-7-9-11(17)12(18)13(19)14(23-9)25-10(15-24-26(20,21)22)6-8-4-2-1-3-5-8;/h1-5,9,11-14,16-19H,6-7H2,(H,20,21,22);/q;+1/p-1. The minimum absolute atomic E-state index is 0. The van der Waals surface area contributed by atoms with Gasteiger partial charge in [-0.15, -0.1) is 0 Å². The van der Waals surface area contributed by atoms with Crippen molar-refractivity contribution in [1.82, 2.24) is 0 Å². The van der Waals surface area contributed by atoms with Crippen LogP contribution >= 0.6 is 11.8 Å². The number of oxime groups is 1. The van der Waals surface area contributed by atoms with Crippen molar-refractivity contribution < 1.29 is 93.8 Å². The number of ether oxygens (including phenoxy) is 1.